The Labute approximate surface area is 185 Å². The van der Waals surface area contributed by atoms with E-state index in [1.165, 1.54) is 21.9 Å². The first-order valence-electron chi connectivity index (χ1n) is 11.3. The number of nitrogens with zero attached hydrogens (tertiary/aromatic N) is 1. The molecule has 0 saturated heterocycles. The minimum Gasteiger partial charge on any atom is -0.455 e. The van der Waals surface area contributed by atoms with Crippen LogP contribution in [0.1, 0.15) is 47.4 Å². The van der Waals surface area contributed by atoms with E-state index in [9.17, 15) is 4.79 Å². The lowest BCUT2D eigenvalue weighted by atomic mass is 9.89. The smallest absolute Gasteiger partial charge is 0.144 e. The number of Topliss-reactive ketones (excluding diaryl/α,β-unsaturated/α-hetero) is 1. The molecule has 1 aromatic heterocycles. The van der Waals surface area contributed by atoms with E-state index in [0.717, 1.165) is 50.9 Å². The Morgan fingerprint density at radius 2 is 1.84 bits per heavy atom. The molecule has 154 valence electrons. The van der Waals surface area contributed by atoms with Crippen LogP contribution in [0.4, 0.5) is 5.69 Å². The van der Waals surface area contributed by atoms with Crippen LogP contribution >= 0.6 is 0 Å². The molecule has 4 aromatic carbocycles. The van der Waals surface area contributed by atoms with Gasteiger partial charge in [-0.2, -0.15) is 0 Å². The lowest BCUT2D eigenvalue weighted by Crippen LogP contribution is -2.04. The van der Waals surface area contributed by atoms with Gasteiger partial charge in [0.05, 0.1) is 11.4 Å². The summed E-state index contributed by atoms with van der Waals surface area (Å²) < 4.78 is 6.36. The zero-order chi connectivity index (χ0) is 21.4. The summed E-state index contributed by atoms with van der Waals surface area (Å²) in [4.78, 5) is 17.1. The second-order valence-electron chi connectivity index (χ2n) is 9.17. The van der Waals surface area contributed by atoms with Crippen LogP contribution in [-0.4, -0.2) is 11.5 Å². The summed E-state index contributed by atoms with van der Waals surface area (Å²) in [6, 6.07) is 23.4. The van der Waals surface area contributed by atoms with E-state index in [1.807, 2.05) is 12.1 Å². The third kappa shape index (κ3) is 2.48. The first-order chi connectivity index (χ1) is 15.7. The molecule has 1 aliphatic carbocycles. The molecule has 0 N–H and O–H groups in total. The Morgan fingerprint density at radius 3 is 2.72 bits per heavy atom. The Morgan fingerprint density at radius 1 is 0.938 bits per heavy atom. The van der Waals surface area contributed by atoms with Gasteiger partial charge in [0.25, 0.3) is 0 Å². The topological polar surface area (TPSA) is 42.6 Å². The number of benzene rings is 4. The SMILES string of the molecule is Cc1cc(C2=Nc3cccc4cc(C5CCC(=O)C5)cc2c34)c2oc3ccccc3c2c1. The molecule has 5 aromatic rings. The van der Waals surface area contributed by atoms with Gasteiger partial charge in [0.2, 0.25) is 0 Å². The van der Waals surface area contributed by atoms with Crippen LogP contribution in [0.3, 0.4) is 0 Å². The van der Waals surface area contributed by atoms with Gasteiger partial charge >= 0.3 is 0 Å². The van der Waals surface area contributed by atoms with Gasteiger partial charge in [0.15, 0.2) is 0 Å². The standard InChI is InChI=1S/C29H21NO2/c1-16-11-22-21-6-2-3-8-26(21)32-29(22)24(12-16)28-23-15-19(17-9-10-20(31)14-17)13-18-5-4-7-25(30-28)27(18)23/h2-8,11-13,15,17H,9-10,14H2,1H3. The van der Waals surface area contributed by atoms with Crippen LogP contribution in [0.25, 0.3) is 32.7 Å². The van der Waals surface area contributed by atoms with Gasteiger partial charge in [0.1, 0.15) is 16.9 Å². The highest BCUT2D eigenvalue weighted by atomic mass is 16.3. The molecule has 1 atom stereocenters. The molecule has 7 rings (SSSR count). The minimum absolute atomic E-state index is 0.303. The molecule has 3 nitrogen and oxygen atoms in total. The quantitative estimate of drug-likeness (QED) is 0.296. The first-order valence-corrected chi connectivity index (χ1v) is 11.3. The van der Waals surface area contributed by atoms with Crippen molar-refractivity contribution in [3.05, 3.63) is 89.0 Å². The summed E-state index contributed by atoms with van der Waals surface area (Å²) in [6.45, 7) is 2.13. The van der Waals surface area contributed by atoms with Gasteiger partial charge < -0.3 is 4.42 Å². The molecule has 2 heterocycles. The fourth-order valence-electron chi connectivity index (χ4n) is 5.58. The largest absolute Gasteiger partial charge is 0.455 e. The van der Waals surface area contributed by atoms with Crippen LogP contribution in [0, 0.1) is 6.92 Å². The molecule has 1 aliphatic heterocycles. The molecule has 1 fully saturated rings. The predicted molar refractivity (Wildman–Crippen MR) is 129 cm³/mol. The summed E-state index contributed by atoms with van der Waals surface area (Å²) in [6.07, 6.45) is 2.28. The number of ketones is 1. The van der Waals surface area contributed by atoms with Crippen LogP contribution < -0.4 is 0 Å². The number of aryl methyl sites for hydroxylation is 1. The molecule has 0 bridgehead atoms. The summed E-state index contributed by atoms with van der Waals surface area (Å²) in [7, 11) is 0. The fraction of sp³-hybridized carbons (Fsp3) is 0.172. The van der Waals surface area contributed by atoms with Crippen molar-refractivity contribution in [3.8, 4) is 0 Å². The summed E-state index contributed by atoms with van der Waals surface area (Å²) in [5.41, 5.74) is 8.38. The fourth-order valence-corrected chi connectivity index (χ4v) is 5.58. The number of hydrogen-bond donors (Lipinski definition) is 0. The first kappa shape index (κ1) is 17.9. The maximum absolute atomic E-state index is 12.0. The van der Waals surface area contributed by atoms with E-state index in [4.69, 9.17) is 9.41 Å². The zero-order valence-electron chi connectivity index (χ0n) is 17.8. The van der Waals surface area contributed by atoms with Crippen molar-refractivity contribution in [2.45, 2.75) is 32.1 Å². The maximum Gasteiger partial charge on any atom is 0.144 e. The van der Waals surface area contributed by atoms with E-state index in [-0.39, 0.29) is 0 Å². The lowest BCUT2D eigenvalue weighted by molar-refractivity contribution is -0.117. The van der Waals surface area contributed by atoms with E-state index in [2.05, 4.69) is 61.5 Å². The van der Waals surface area contributed by atoms with Crippen molar-refractivity contribution in [1.82, 2.24) is 0 Å². The van der Waals surface area contributed by atoms with Gasteiger partial charge in [-0.05, 0) is 66.1 Å². The highest BCUT2D eigenvalue weighted by Crippen LogP contribution is 2.43. The molecule has 0 spiro atoms. The van der Waals surface area contributed by atoms with Crippen molar-refractivity contribution in [1.29, 1.82) is 0 Å². The summed E-state index contributed by atoms with van der Waals surface area (Å²) in [5.74, 6) is 0.675. The number of para-hydroxylation sites is 1. The highest BCUT2D eigenvalue weighted by Gasteiger charge is 2.28. The molecule has 1 unspecified atom stereocenters. The van der Waals surface area contributed by atoms with Crippen molar-refractivity contribution < 1.29 is 9.21 Å². The summed E-state index contributed by atoms with van der Waals surface area (Å²) in [5, 5.41) is 4.65. The number of carbonyl (C=O) groups excluding carboxylic acids is 1. The number of rotatable bonds is 2. The molecule has 0 radical (unpaired) electrons. The number of fused-ring (bicyclic) bond motifs is 3. The van der Waals surface area contributed by atoms with Gasteiger partial charge in [-0.15, -0.1) is 0 Å². The Bertz CT molecular complexity index is 1640. The van der Waals surface area contributed by atoms with E-state index < -0.39 is 0 Å². The van der Waals surface area contributed by atoms with Crippen LogP contribution in [0.5, 0.6) is 0 Å². The minimum atomic E-state index is 0.303. The van der Waals surface area contributed by atoms with E-state index in [0.29, 0.717) is 24.5 Å². The van der Waals surface area contributed by atoms with E-state index in [1.54, 1.807) is 0 Å². The second-order valence-corrected chi connectivity index (χ2v) is 9.17. The molecular weight excluding hydrogens is 394 g/mol. The predicted octanol–water partition coefficient (Wildman–Crippen LogP) is 7.37. The van der Waals surface area contributed by atoms with Crippen molar-refractivity contribution in [3.63, 3.8) is 0 Å². The van der Waals surface area contributed by atoms with E-state index >= 15 is 0 Å². The molecule has 3 heteroatoms. The molecule has 2 aliphatic rings. The van der Waals surface area contributed by atoms with Crippen molar-refractivity contribution in [2.24, 2.45) is 4.99 Å². The van der Waals surface area contributed by atoms with Crippen LogP contribution in [0.15, 0.2) is 76.1 Å². The Balaban J connectivity index is 1.50. The third-order valence-corrected chi connectivity index (χ3v) is 7.06. The lowest BCUT2D eigenvalue weighted by Gasteiger charge is -2.13. The molecule has 32 heavy (non-hydrogen) atoms. The number of furan rings is 1. The summed E-state index contributed by atoms with van der Waals surface area (Å²) >= 11 is 0. The highest BCUT2D eigenvalue weighted by molar-refractivity contribution is 6.30. The third-order valence-electron chi connectivity index (χ3n) is 7.06. The van der Waals surface area contributed by atoms with Gasteiger partial charge in [-0.25, -0.2) is 4.99 Å². The zero-order valence-corrected chi connectivity index (χ0v) is 17.8. The molecule has 0 amide bonds. The van der Waals surface area contributed by atoms with Gasteiger partial charge in [-0.1, -0.05) is 36.4 Å². The molecule has 1 saturated carbocycles. The Hall–Kier alpha value is -3.72. The normalized spacial score (nSPS) is 17.7. The van der Waals surface area contributed by atoms with Crippen molar-refractivity contribution in [2.75, 3.05) is 0 Å². The monoisotopic (exact) mass is 415 g/mol. The number of carbonyl (C=O) groups is 1. The van der Waals surface area contributed by atoms with Crippen LogP contribution in [0.2, 0.25) is 0 Å². The molecular formula is C29H21NO2. The number of aliphatic imine (C=N–C) groups is 1. The average molecular weight is 415 g/mol. The van der Waals surface area contributed by atoms with Crippen molar-refractivity contribution >= 4 is 49.9 Å². The van der Waals surface area contributed by atoms with Crippen LogP contribution in [-0.2, 0) is 4.79 Å². The van der Waals surface area contributed by atoms with Gasteiger partial charge in [0, 0.05) is 40.1 Å². The number of hydrogen-bond acceptors (Lipinski definition) is 3. The van der Waals surface area contributed by atoms with Gasteiger partial charge in [-0.3, -0.25) is 4.79 Å². The Kier molecular flexibility index (Phi) is 3.58. The maximum atomic E-state index is 12.0. The average Bonchev–Trinajstić information content (AvgIpc) is 3.50. The second kappa shape index (κ2) is 6.39.